The monoisotopic (exact) mass is 314 g/mol. The predicted octanol–water partition coefficient (Wildman–Crippen LogP) is 3.06. The summed E-state index contributed by atoms with van der Waals surface area (Å²) in [7, 11) is 0. The highest BCUT2D eigenvalue weighted by atomic mass is 19.1. The van der Waals surface area contributed by atoms with Gasteiger partial charge in [-0.05, 0) is 29.8 Å². The molecule has 116 valence electrons. The molecule has 1 fully saturated rings. The first-order valence-corrected chi connectivity index (χ1v) is 6.88. The number of carbonyl (C=O) groups is 2. The number of halogens is 2. The third-order valence-electron chi connectivity index (χ3n) is 3.43. The molecule has 0 aliphatic carbocycles. The summed E-state index contributed by atoms with van der Waals surface area (Å²) >= 11 is 0. The van der Waals surface area contributed by atoms with Crippen molar-refractivity contribution >= 4 is 18.0 Å². The van der Waals surface area contributed by atoms with Gasteiger partial charge in [-0.15, -0.1) is 0 Å². The summed E-state index contributed by atoms with van der Waals surface area (Å²) in [5.74, 6) is -1.43. The van der Waals surface area contributed by atoms with Crippen molar-refractivity contribution in [3.63, 3.8) is 0 Å². The van der Waals surface area contributed by atoms with E-state index in [9.17, 15) is 18.4 Å². The topological polar surface area (TPSA) is 49.4 Å². The van der Waals surface area contributed by atoms with Crippen LogP contribution < -0.4 is 5.32 Å². The third kappa shape index (κ3) is 3.11. The summed E-state index contributed by atoms with van der Waals surface area (Å²) in [6, 6.07) is 10.8. The number of benzene rings is 2. The van der Waals surface area contributed by atoms with Crippen LogP contribution in [0.3, 0.4) is 0 Å². The normalized spacial score (nSPS) is 16.1. The van der Waals surface area contributed by atoms with Gasteiger partial charge >= 0.3 is 6.03 Å². The number of urea groups is 1. The minimum Gasteiger partial charge on any atom is -0.303 e. The summed E-state index contributed by atoms with van der Waals surface area (Å²) in [6.45, 7) is -0.155. The van der Waals surface area contributed by atoms with Crippen LogP contribution in [0.5, 0.6) is 0 Å². The van der Waals surface area contributed by atoms with Crippen LogP contribution in [-0.2, 0) is 11.3 Å². The molecule has 23 heavy (non-hydrogen) atoms. The third-order valence-corrected chi connectivity index (χ3v) is 3.43. The van der Waals surface area contributed by atoms with Gasteiger partial charge in [-0.1, -0.05) is 30.3 Å². The molecule has 4 nitrogen and oxygen atoms in total. The quantitative estimate of drug-likeness (QED) is 0.699. The van der Waals surface area contributed by atoms with E-state index in [1.807, 2.05) is 0 Å². The molecule has 1 aliphatic rings. The Bertz CT molecular complexity index is 800. The van der Waals surface area contributed by atoms with Crippen molar-refractivity contribution in [2.45, 2.75) is 6.54 Å². The fraction of sp³-hybridized carbons (Fsp3) is 0.0588. The first-order chi connectivity index (χ1) is 11.0. The second-order valence-electron chi connectivity index (χ2n) is 5.02. The number of amides is 3. The zero-order chi connectivity index (χ0) is 16.4. The highest BCUT2D eigenvalue weighted by Crippen LogP contribution is 2.18. The van der Waals surface area contributed by atoms with Crippen LogP contribution >= 0.6 is 0 Å². The van der Waals surface area contributed by atoms with Gasteiger partial charge in [0, 0.05) is 5.56 Å². The van der Waals surface area contributed by atoms with Crippen LogP contribution in [0.4, 0.5) is 13.6 Å². The second-order valence-corrected chi connectivity index (χ2v) is 5.02. The molecular formula is C17H12F2N2O2. The maximum absolute atomic E-state index is 13.7. The van der Waals surface area contributed by atoms with Gasteiger partial charge in [0.2, 0.25) is 0 Å². The van der Waals surface area contributed by atoms with Crippen molar-refractivity contribution in [2.24, 2.45) is 0 Å². The zero-order valence-corrected chi connectivity index (χ0v) is 11.9. The molecule has 0 bridgehead atoms. The Morgan fingerprint density at radius 3 is 2.39 bits per heavy atom. The van der Waals surface area contributed by atoms with Crippen molar-refractivity contribution in [2.75, 3.05) is 0 Å². The molecule has 3 amide bonds. The summed E-state index contributed by atoms with van der Waals surface area (Å²) in [4.78, 5) is 25.1. The summed E-state index contributed by atoms with van der Waals surface area (Å²) < 4.78 is 26.5. The van der Waals surface area contributed by atoms with Gasteiger partial charge < -0.3 is 5.32 Å². The Hall–Kier alpha value is -3.02. The molecule has 1 saturated heterocycles. The van der Waals surface area contributed by atoms with Crippen LogP contribution in [0.1, 0.15) is 11.1 Å². The van der Waals surface area contributed by atoms with Crippen molar-refractivity contribution in [1.29, 1.82) is 0 Å². The average molecular weight is 314 g/mol. The number of hydrogen-bond acceptors (Lipinski definition) is 2. The highest BCUT2D eigenvalue weighted by molar-refractivity contribution is 6.13. The van der Waals surface area contributed by atoms with Gasteiger partial charge in [-0.25, -0.2) is 13.6 Å². The van der Waals surface area contributed by atoms with Crippen LogP contribution in [0.25, 0.3) is 6.08 Å². The predicted molar refractivity (Wildman–Crippen MR) is 79.9 cm³/mol. The molecule has 2 aromatic carbocycles. The Labute approximate surface area is 131 Å². The second kappa shape index (κ2) is 6.00. The van der Waals surface area contributed by atoms with Crippen LogP contribution in [0.15, 0.2) is 54.2 Å². The van der Waals surface area contributed by atoms with E-state index in [4.69, 9.17) is 0 Å². The van der Waals surface area contributed by atoms with E-state index in [1.54, 1.807) is 6.07 Å². The smallest absolute Gasteiger partial charge is 0.303 e. The number of imide groups is 1. The van der Waals surface area contributed by atoms with E-state index in [1.165, 1.54) is 48.5 Å². The summed E-state index contributed by atoms with van der Waals surface area (Å²) in [5.41, 5.74) is 0.889. The number of carbonyl (C=O) groups excluding carboxylic acids is 2. The SMILES string of the molecule is O=C1N/C(=C/c2ccc(F)cc2)C(=O)N1Cc1ccccc1F. The lowest BCUT2D eigenvalue weighted by atomic mass is 10.2. The van der Waals surface area contributed by atoms with Crippen molar-refractivity contribution in [3.8, 4) is 0 Å². The van der Waals surface area contributed by atoms with Gasteiger partial charge in [0.05, 0.1) is 6.54 Å². The fourth-order valence-electron chi connectivity index (χ4n) is 2.24. The number of nitrogens with zero attached hydrogens (tertiary/aromatic N) is 1. The lowest BCUT2D eigenvalue weighted by Crippen LogP contribution is -2.30. The molecule has 3 rings (SSSR count). The molecule has 0 unspecified atom stereocenters. The molecule has 1 heterocycles. The molecule has 0 aromatic heterocycles. The van der Waals surface area contributed by atoms with E-state index in [0.717, 1.165) is 4.90 Å². The molecule has 0 saturated carbocycles. The molecule has 6 heteroatoms. The van der Waals surface area contributed by atoms with Gasteiger partial charge in [0.15, 0.2) is 0 Å². The van der Waals surface area contributed by atoms with E-state index < -0.39 is 23.6 Å². The van der Waals surface area contributed by atoms with Crippen molar-refractivity contribution < 1.29 is 18.4 Å². The number of rotatable bonds is 3. The van der Waals surface area contributed by atoms with Crippen LogP contribution in [-0.4, -0.2) is 16.8 Å². The van der Waals surface area contributed by atoms with E-state index in [0.29, 0.717) is 5.56 Å². The minimum atomic E-state index is -0.619. The number of nitrogens with one attached hydrogen (secondary N) is 1. The van der Waals surface area contributed by atoms with Crippen molar-refractivity contribution in [3.05, 3.63) is 77.0 Å². The standard InChI is InChI=1S/C17H12F2N2O2/c18-13-7-5-11(6-8-13)9-15-16(22)21(17(23)20-15)10-12-3-1-2-4-14(12)19/h1-9H,10H2,(H,20,23)/b15-9+. The molecule has 0 radical (unpaired) electrons. The molecule has 0 atom stereocenters. The first kappa shape index (κ1) is 14.9. The first-order valence-electron chi connectivity index (χ1n) is 6.88. The Kier molecular flexibility index (Phi) is 3.89. The van der Waals surface area contributed by atoms with Crippen LogP contribution in [0.2, 0.25) is 0 Å². The van der Waals surface area contributed by atoms with E-state index in [-0.39, 0.29) is 17.8 Å². The molecule has 1 N–H and O–H groups in total. The lowest BCUT2D eigenvalue weighted by Gasteiger charge is -2.12. The molecule has 2 aromatic rings. The Balaban J connectivity index is 1.82. The lowest BCUT2D eigenvalue weighted by molar-refractivity contribution is -0.123. The fourth-order valence-corrected chi connectivity index (χ4v) is 2.24. The number of hydrogen-bond donors (Lipinski definition) is 1. The van der Waals surface area contributed by atoms with Crippen LogP contribution in [0, 0.1) is 11.6 Å². The summed E-state index contributed by atoms with van der Waals surface area (Å²) in [5, 5.41) is 2.44. The van der Waals surface area contributed by atoms with Gasteiger partial charge in [-0.2, -0.15) is 0 Å². The largest absolute Gasteiger partial charge is 0.329 e. The van der Waals surface area contributed by atoms with Gasteiger partial charge in [0.25, 0.3) is 5.91 Å². The molecular weight excluding hydrogens is 302 g/mol. The minimum absolute atomic E-state index is 0.0675. The molecule has 1 aliphatic heterocycles. The molecule has 0 spiro atoms. The van der Waals surface area contributed by atoms with E-state index >= 15 is 0 Å². The van der Waals surface area contributed by atoms with Crippen molar-refractivity contribution in [1.82, 2.24) is 10.2 Å². The van der Waals surface area contributed by atoms with Gasteiger partial charge in [0.1, 0.15) is 17.3 Å². The average Bonchev–Trinajstić information content (AvgIpc) is 2.79. The maximum Gasteiger partial charge on any atom is 0.329 e. The Morgan fingerprint density at radius 2 is 1.70 bits per heavy atom. The maximum atomic E-state index is 13.7. The zero-order valence-electron chi connectivity index (χ0n) is 11.9. The van der Waals surface area contributed by atoms with E-state index in [2.05, 4.69) is 5.32 Å². The highest BCUT2D eigenvalue weighted by Gasteiger charge is 2.33. The van der Waals surface area contributed by atoms with Gasteiger partial charge in [-0.3, -0.25) is 9.69 Å². The summed E-state index contributed by atoms with van der Waals surface area (Å²) in [6.07, 6.45) is 1.45. The Morgan fingerprint density at radius 1 is 1.00 bits per heavy atom.